The molecule has 5 nitrogen and oxygen atoms in total. The summed E-state index contributed by atoms with van der Waals surface area (Å²) in [6, 6.07) is 0.345. The molecule has 4 fully saturated rings. The maximum atomic E-state index is 12.0. The predicted octanol–water partition coefficient (Wildman–Crippen LogP) is 1.51. The highest BCUT2D eigenvalue weighted by atomic mass is 35.5. The summed E-state index contributed by atoms with van der Waals surface area (Å²) in [7, 11) is -2.97. The molecule has 4 aliphatic rings. The lowest BCUT2D eigenvalue weighted by molar-refractivity contribution is -0.115. The van der Waals surface area contributed by atoms with E-state index in [1.807, 2.05) is 0 Å². The number of alkyl halides is 1. The second kappa shape index (κ2) is 5.38. The van der Waals surface area contributed by atoms with Crippen LogP contribution in [0.15, 0.2) is 4.99 Å². The van der Waals surface area contributed by atoms with Gasteiger partial charge in [-0.25, -0.2) is 8.42 Å². The van der Waals surface area contributed by atoms with Gasteiger partial charge in [0.25, 0.3) is 5.91 Å². The van der Waals surface area contributed by atoms with Crippen LogP contribution in [0.5, 0.6) is 0 Å². The molecule has 2 saturated heterocycles. The fourth-order valence-electron chi connectivity index (χ4n) is 4.67. The summed E-state index contributed by atoms with van der Waals surface area (Å²) >= 11 is 7.05. The number of carbonyl (C=O) groups excluding carboxylic acids is 1. The number of nitrogens with zero attached hydrogens (tertiary/aromatic N) is 2. The number of hydrogen-bond acceptors (Lipinski definition) is 4. The normalized spacial score (nSPS) is 44.0. The zero-order valence-corrected chi connectivity index (χ0v) is 14.5. The average molecular weight is 363 g/mol. The second-order valence-corrected chi connectivity index (χ2v) is 10.5. The molecule has 122 valence electrons. The van der Waals surface area contributed by atoms with Crippen LogP contribution < -0.4 is 0 Å². The minimum atomic E-state index is -2.97. The highest BCUT2D eigenvalue weighted by Gasteiger charge is 2.54. The van der Waals surface area contributed by atoms with Gasteiger partial charge in [0.05, 0.1) is 17.5 Å². The summed E-state index contributed by atoms with van der Waals surface area (Å²) in [5, 5.41) is 0.735. The Bertz CT molecular complexity index is 636. The highest BCUT2D eigenvalue weighted by Crippen LogP contribution is 2.51. The van der Waals surface area contributed by atoms with Gasteiger partial charge in [-0.3, -0.25) is 4.79 Å². The topological polar surface area (TPSA) is 66.8 Å². The summed E-state index contributed by atoms with van der Waals surface area (Å²) in [4.78, 5) is 18.0. The van der Waals surface area contributed by atoms with E-state index in [1.54, 1.807) is 0 Å². The molecule has 4 rings (SSSR count). The predicted molar refractivity (Wildman–Crippen MR) is 88.1 cm³/mol. The number of rotatable bonds is 2. The first kappa shape index (κ1) is 15.3. The first-order valence-corrected chi connectivity index (χ1v) is 11.0. The quantitative estimate of drug-likeness (QED) is 0.696. The number of amides is 1. The third-order valence-corrected chi connectivity index (χ3v) is 8.95. The largest absolute Gasteiger partial charge is 0.343 e. The molecule has 2 aliphatic heterocycles. The van der Waals surface area contributed by atoms with E-state index < -0.39 is 9.84 Å². The van der Waals surface area contributed by atoms with E-state index >= 15 is 0 Å². The Morgan fingerprint density at radius 2 is 2.09 bits per heavy atom. The SMILES string of the molecule is O=C(CCl)N=C1S[C@@H]2CS(=O)(=O)C[C@H]2N1[C@H]1C[C@H]2CC[C@H]1C2. The Labute approximate surface area is 139 Å². The van der Waals surface area contributed by atoms with E-state index in [1.165, 1.54) is 31.0 Å². The van der Waals surface area contributed by atoms with E-state index in [4.69, 9.17) is 11.6 Å². The van der Waals surface area contributed by atoms with Crippen molar-refractivity contribution in [3.05, 3.63) is 0 Å². The molecule has 2 bridgehead atoms. The third-order valence-electron chi connectivity index (χ3n) is 5.50. The van der Waals surface area contributed by atoms with Crippen molar-refractivity contribution < 1.29 is 13.2 Å². The summed E-state index contributed by atoms with van der Waals surface area (Å²) < 4.78 is 24.0. The minimum Gasteiger partial charge on any atom is -0.343 e. The molecule has 22 heavy (non-hydrogen) atoms. The minimum absolute atomic E-state index is 0.0128. The number of hydrogen-bond donors (Lipinski definition) is 0. The van der Waals surface area contributed by atoms with Gasteiger partial charge in [0.15, 0.2) is 15.0 Å². The van der Waals surface area contributed by atoms with Gasteiger partial charge in [0, 0.05) is 11.3 Å². The van der Waals surface area contributed by atoms with E-state index in [-0.39, 0.29) is 34.6 Å². The molecule has 0 aromatic carbocycles. The van der Waals surface area contributed by atoms with Crippen LogP contribution in [0, 0.1) is 11.8 Å². The smallest absolute Gasteiger partial charge is 0.262 e. The van der Waals surface area contributed by atoms with Crippen molar-refractivity contribution in [3.8, 4) is 0 Å². The molecule has 2 saturated carbocycles. The molecule has 0 N–H and O–H groups in total. The van der Waals surface area contributed by atoms with Crippen LogP contribution in [0.1, 0.15) is 25.7 Å². The van der Waals surface area contributed by atoms with E-state index in [0.717, 1.165) is 12.3 Å². The van der Waals surface area contributed by atoms with Gasteiger partial charge in [-0.2, -0.15) is 4.99 Å². The van der Waals surface area contributed by atoms with Crippen LogP contribution >= 0.6 is 23.4 Å². The van der Waals surface area contributed by atoms with Crippen LogP contribution in [0.25, 0.3) is 0 Å². The van der Waals surface area contributed by atoms with Crippen molar-refractivity contribution in [3.63, 3.8) is 0 Å². The fraction of sp³-hybridized carbons (Fsp3) is 0.857. The number of carbonyl (C=O) groups is 1. The number of aliphatic imine (C=N–C) groups is 1. The second-order valence-electron chi connectivity index (χ2n) is 6.87. The Hall–Kier alpha value is -0.270. The maximum absolute atomic E-state index is 12.0. The summed E-state index contributed by atoms with van der Waals surface area (Å²) in [5.41, 5.74) is 0. The van der Waals surface area contributed by atoms with E-state index in [9.17, 15) is 13.2 Å². The zero-order valence-electron chi connectivity index (χ0n) is 12.2. The van der Waals surface area contributed by atoms with Crippen molar-refractivity contribution in [2.45, 2.75) is 43.0 Å². The lowest BCUT2D eigenvalue weighted by Crippen LogP contribution is -2.47. The number of amidine groups is 1. The van der Waals surface area contributed by atoms with E-state index in [2.05, 4.69) is 9.89 Å². The van der Waals surface area contributed by atoms with Gasteiger partial charge in [-0.05, 0) is 31.1 Å². The Morgan fingerprint density at radius 1 is 1.27 bits per heavy atom. The van der Waals surface area contributed by atoms with Crippen LogP contribution in [0.2, 0.25) is 0 Å². The number of fused-ring (bicyclic) bond motifs is 3. The summed E-state index contributed by atoms with van der Waals surface area (Å²) in [5.74, 6) is 1.34. The van der Waals surface area contributed by atoms with Crippen molar-refractivity contribution in [1.29, 1.82) is 0 Å². The molecular formula is C14H19ClN2O3S2. The third kappa shape index (κ3) is 2.49. The maximum Gasteiger partial charge on any atom is 0.262 e. The van der Waals surface area contributed by atoms with Crippen LogP contribution in [-0.2, 0) is 14.6 Å². The molecule has 8 heteroatoms. The molecule has 0 radical (unpaired) electrons. The van der Waals surface area contributed by atoms with Crippen LogP contribution in [0.3, 0.4) is 0 Å². The average Bonchev–Trinajstić information content (AvgIpc) is 3.17. The molecule has 0 spiro atoms. The molecule has 0 aromatic rings. The highest BCUT2D eigenvalue weighted by molar-refractivity contribution is 8.15. The summed E-state index contributed by atoms with van der Waals surface area (Å²) in [6.07, 6.45) is 4.87. The molecule has 2 aliphatic carbocycles. The Kier molecular flexibility index (Phi) is 3.73. The summed E-state index contributed by atoms with van der Waals surface area (Å²) in [6.45, 7) is 0. The zero-order chi connectivity index (χ0) is 15.5. The van der Waals surface area contributed by atoms with Gasteiger partial charge in [-0.1, -0.05) is 18.2 Å². The molecule has 5 atom stereocenters. The van der Waals surface area contributed by atoms with Crippen LogP contribution in [-0.4, -0.2) is 59.1 Å². The first-order valence-electron chi connectivity index (χ1n) is 7.80. The standard InChI is InChI=1S/C14H19ClN2O3S2/c15-5-13(18)16-14-17(10-4-8-1-2-9(10)3-8)11-6-22(19,20)7-12(11)21-14/h8-12H,1-7H2/t8-,9-,10-,11+,12+/m0/s1. The Morgan fingerprint density at radius 3 is 2.73 bits per heavy atom. The number of halogens is 1. The van der Waals surface area contributed by atoms with Crippen molar-refractivity contribution >= 4 is 44.3 Å². The molecule has 2 heterocycles. The van der Waals surface area contributed by atoms with Crippen molar-refractivity contribution in [1.82, 2.24) is 4.90 Å². The van der Waals surface area contributed by atoms with Gasteiger partial charge < -0.3 is 4.90 Å². The molecular weight excluding hydrogens is 344 g/mol. The Balaban J connectivity index is 1.66. The van der Waals surface area contributed by atoms with Crippen molar-refractivity contribution in [2.75, 3.05) is 17.4 Å². The fourth-order valence-corrected chi connectivity index (χ4v) is 8.72. The van der Waals surface area contributed by atoms with E-state index in [0.29, 0.717) is 17.1 Å². The lowest BCUT2D eigenvalue weighted by Gasteiger charge is -2.36. The number of sulfone groups is 1. The van der Waals surface area contributed by atoms with Gasteiger partial charge >= 0.3 is 0 Å². The lowest BCUT2D eigenvalue weighted by atomic mass is 9.93. The van der Waals surface area contributed by atoms with Crippen molar-refractivity contribution in [2.24, 2.45) is 16.8 Å². The first-order chi connectivity index (χ1) is 10.5. The molecule has 0 aromatic heterocycles. The number of thioether (sulfide) groups is 1. The van der Waals surface area contributed by atoms with Gasteiger partial charge in [0.1, 0.15) is 5.88 Å². The monoisotopic (exact) mass is 362 g/mol. The van der Waals surface area contributed by atoms with Gasteiger partial charge in [-0.15, -0.1) is 11.6 Å². The van der Waals surface area contributed by atoms with Crippen LogP contribution in [0.4, 0.5) is 0 Å². The van der Waals surface area contributed by atoms with Gasteiger partial charge in [0.2, 0.25) is 0 Å². The molecule has 0 unspecified atom stereocenters. The molecule has 1 amide bonds.